The van der Waals surface area contributed by atoms with Crippen LogP contribution >= 0.6 is 0 Å². The van der Waals surface area contributed by atoms with E-state index in [0.717, 1.165) is 32.9 Å². The molecule has 0 bridgehead atoms. The Morgan fingerprint density at radius 2 is 1.71 bits per heavy atom. The highest BCUT2D eigenvalue weighted by Gasteiger charge is 2.26. The third-order valence-electron chi connectivity index (χ3n) is 5.49. The molecule has 0 fully saturated rings. The maximum atomic E-state index is 13.7. The molecule has 5 rings (SSSR count). The van der Waals surface area contributed by atoms with Gasteiger partial charge in [-0.2, -0.15) is 0 Å². The summed E-state index contributed by atoms with van der Waals surface area (Å²) in [5.74, 6) is -0.744. The van der Waals surface area contributed by atoms with E-state index in [9.17, 15) is 9.59 Å². The zero-order chi connectivity index (χ0) is 21.5. The first kappa shape index (κ1) is 19.0. The quantitative estimate of drug-likeness (QED) is 0.228. The van der Waals surface area contributed by atoms with Crippen LogP contribution in [-0.4, -0.2) is 27.7 Å². The van der Waals surface area contributed by atoms with Gasteiger partial charge in [0.15, 0.2) is 0 Å². The van der Waals surface area contributed by atoms with Crippen LogP contribution in [0.3, 0.4) is 0 Å². The number of esters is 1. The minimum absolute atomic E-state index is 0.231. The summed E-state index contributed by atoms with van der Waals surface area (Å²) in [6, 6.07) is 20.8. The fourth-order valence-electron chi connectivity index (χ4n) is 4.01. The Labute approximate surface area is 178 Å². The predicted molar refractivity (Wildman–Crippen MR) is 121 cm³/mol. The van der Waals surface area contributed by atoms with Gasteiger partial charge < -0.3 is 9.14 Å². The van der Waals surface area contributed by atoms with Gasteiger partial charge in [0.05, 0.1) is 23.2 Å². The van der Waals surface area contributed by atoms with Crippen molar-refractivity contribution >= 4 is 39.1 Å². The van der Waals surface area contributed by atoms with Gasteiger partial charge in [-0.25, -0.2) is 4.79 Å². The van der Waals surface area contributed by atoms with Crippen molar-refractivity contribution in [3.63, 3.8) is 0 Å². The lowest BCUT2D eigenvalue weighted by Crippen LogP contribution is -2.13. The van der Waals surface area contributed by atoms with E-state index in [1.165, 1.54) is 0 Å². The third kappa shape index (κ3) is 3.06. The summed E-state index contributed by atoms with van der Waals surface area (Å²) in [7, 11) is 0. The lowest BCUT2D eigenvalue weighted by atomic mass is 10.0. The predicted octanol–water partition coefficient (Wildman–Crippen LogP) is 5.36. The zero-order valence-corrected chi connectivity index (χ0v) is 17.3. The SMILES string of the molecule is CCOC(=O)c1cc2ccc3ccc4cccnc4c3n2c1C(=O)c1ccc(C)cc1. The molecular formula is C26H20N2O3. The molecule has 0 unspecified atom stereocenters. The van der Waals surface area contributed by atoms with Gasteiger partial charge in [0, 0.05) is 28.0 Å². The molecule has 31 heavy (non-hydrogen) atoms. The van der Waals surface area contributed by atoms with Crippen molar-refractivity contribution in [1.82, 2.24) is 9.38 Å². The number of aromatic nitrogens is 2. The molecule has 0 saturated heterocycles. The molecule has 0 aliphatic rings. The topological polar surface area (TPSA) is 60.7 Å². The highest BCUT2D eigenvalue weighted by molar-refractivity contribution is 6.16. The number of hydrogen-bond donors (Lipinski definition) is 0. The summed E-state index contributed by atoms with van der Waals surface area (Å²) < 4.78 is 7.13. The molecule has 0 spiro atoms. The number of hydrogen-bond acceptors (Lipinski definition) is 4. The van der Waals surface area contributed by atoms with Crippen molar-refractivity contribution in [3.05, 3.63) is 95.3 Å². The van der Waals surface area contributed by atoms with E-state index in [4.69, 9.17) is 4.74 Å². The van der Waals surface area contributed by atoms with Crippen LogP contribution in [0.15, 0.2) is 72.9 Å². The highest BCUT2D eigenvalue weighted by Crippen LogP contribution is 2.30. The maximum absolute atomic E-state index is 13.7. The minimum atomic E-state index is -0.511. The lowest BCUT2D eigenvalue weighted by Gasteiger charge is -2.11. The molecule has 3 aromatic heterocycles. The number of ketones is 1. The molecule has 0 aliphatic carbocycles. The van der Waals surface area contributed by atoms with Crippen LogP contribution in [0.2, 0.25) is 0 Å². The number of carbonyl (C=O) groups is 2. The van der Waals surface area contributed by atoms with Gasteiger partial charge in [-0.1, -0.05) is 54.1 Å². The number of benzene rings is 2. The Kier molecular flexibility index (Phi) is 4.51. The summed E-state index contributed by atoms with van der Waals surface area (Å²) in [5.41, 5.74) is 4.43. The van der Waals surface area contributed by atoms with E-state index < -0.39 is 5.97 Å². The number of ether oxygens (including phenoxy) is 1. The van der Waals surface area contributed by atoms with Crippen LogP contribution in [0.5, 0.6) is 0 Å². The molecule has 0 atom stereocenters. The molecule has 5 nitrogen and oxygen atoms in total. The number of fused-ring (bicyclic) bond motifs is 5. The Balaban J connectivity index is 1.91. The first-order chi connectivity index (χ1) is 15.1. The van der Waals surface area contributed by atoms with E-state index in [1.807, 2.05) is 59.9 Å². The van der Waals surface area contributed by atoms with Gasteiger partial charge in [-0.3, -0.25) is 9.78 Å². The van der Waals surface area contributed by atoms with E-state index in [-0.39, 0.29) is 18.0 Å². The van der Waals surface area contributed by atoms with Crippen molar-refractivity contribution < 1.29 is 14.3 Å². The third-order valence-corrected chi connectivity index (χ3v) is 5.49. The number of carbonyl (C=O) groups excluding carboxylic acids is 2. The van der Waals surface area contributed by atoms with Crippen molar-refractivity contribution in [2.45, 2.75) is 13.8 Å². The molecule has 0 saturated carbocycles. The molecule has 2 aromatic carbocycles. The highest BCUT2D eigenvalue weighted by atomic mass is 16.5. The molecular weight excluding hydrogens is 388 g/mol. The Morgan fingerprint density at radius 3 is 2.48 bits per heavy atom. The van der Waals surface area contributed by atoms with Gasteiger partial charge in [-0.15, -0.1) is 0 Å². The average molecular weight is 408 g/mol. The Hall–Kier alpha value is -3.99. The fraction of sp³-hybridized carbons (Fsp3) is 0.115. The maximum Gasteiger partial charge on any atom is 0.340 e. The van der Waals surface area contributed by atoms with Gasteiger partial charge in [0.25, 0.3) is 0 Å². The smallest absolute Gasteiger partial charge is 0.340 e. The van der Waals surface area contributed by atoms with E-state index in [2.05, 4.69) is 4.98 Å². The summed E-state index contributed by atoms with van der Waals surface area (Å²) in [5, 5.41) is 1.89. The van der Waals surface area contributed by atoms with Crippen molar-refractivity contribution in [2.75, 3.05) is 6.61 Å². The molecule has 0 N–H and O–H groups in total. The summed E-state index contributed by atoms with van der Waals surface area (Å²) in [6.07, 6.45) is 1.73. The fourth-order valence-corrected chi connectivity index (χ4v) is 4.01. The molecule has 0 aliphatic heterocycles. The van der Waals surface area contributed by atoms with Gasteiger partial charge in [0.1, 0.15) is 5.69 Å². The second-order valence-corrected chi connectivity index (χ2v) is 7.49. The molecule has 152 valence electrons. The number of pyridine rings is 2. The number of nitrogens with zero attached hydrogens (tertiary/aromatic N) is 2. The zero-order valence-electron chi connectivity index (χ0n) is 17.3. The van der Waals surface area contributed by atoms with Crippen LogP contribution in [0.4, 0.5) is 0 Å². The second-order valence-electron chi connectivity index (χ2n) is 7.49. The van der Waals surface area contributed by atoms with Crippen molar-refractivity contribution in [3.8, 4) is 0 Å². The minimum Gasteiger partial charge on any atom is -0.462 e. The first-order valence-electron chi connectivity index (χ1n) is 10.2. The summed E-state index contributed by atoms with van der Waals surface area (Å²) >= 11 is 0. The first-order valence-corrected chi connectivity index (χ1v) is 10.2. The van der Waals surface area contributed by atoms with Crippen LogP contribution in [0, 0.1) is 6.92 Å². The van der Waals surface area contributed by atoms with Crippen LogP contribution in [-0.2, 0) is 4.74 Å². The largest absolute Gasteiger partial charge is 0.462 e. The average Bonchev–Trinajstić information content (AvgIpc) is 3.19. The number of rotatable bonds is 4. The van der Waals surface area contributed by atoms with Gasteiger partial charge in [-0.05, 0) is 32.0 Å². The number of aryl methyl sites for hydroxylation is 1. The molecule has 3 heterocycles. The van der Waals surface area contributed by atoms with Crippen molar-refractivity contribution in [2.24, 2.45) is 0 Å². The molecule has 0 radical (unpaired) electrons. The van der Waals surface area contributed by atoms with Crippen LogP contribution in [0.1, 0.15) is 38.9 Å². The van der Waals surface area contributed by atoms with Gasteiger partial charge in [0.2, 0.25) is 5.78 Å². The lowest BCUT2D eigenvalue weighted by molar-refractivity contribution is 0.0523. The molecule has 5 heteroatoms. The van der Waals surface area contributed by atoms with Crippen LogP contribution in [0.25, 0.3) is 27.3 Å². The van der Waals surface area contributed by atoms with E-state index in [1.54, 1.807) is 31.3 Å². The van der Waals surface area contributed by atoms with Crippen LogP contribution < -0.4 is 0 Å². The Bertz CT molecular complexity index is 1480. The Morgan fingerprint density at radius 1 is 0.968 bits per heavy atom. The molecule has 0 amide bonds. The summed E-state index contributed by atoms with van der Waals surface area (Å²) in [6.45, 7) is 3.95. The monoisotopic (exact) mass is 408 g/mol. The van der Waals surface area contributed by atoms with E-state index >= 15 is 0 Å². The van der Waals surface area contributed by atoms with Gasteiger partial charge >= 0.3 is 5.97 Å². The standard InChI is InChI=1S/C26H20N2O3/c1-3-31-26(30)21-15-20-13-12-18-11-10-17-5-4-14-27-22(17)23(18)28(20)24(21)25(29)19-8-6-16(2)7-9-19/h4-15H,3H2,1-2H3. The van der Waals surface area contributed by atoms with E-state index in [0.29, 0.717) is 11.3 Å². The normalized spacial score (nSPS) is 11.3. The summed E-state index contributed by atoms with van der Waals surface area (Å²) in [4.78, 5) is 31.1. The van der Waals surface area contributed by atoms with Crippen molar-refractivity contribution in [1.29, 1.82) is 0 Å². The second kappa shape index (κ2) is 7.36. The molecule has 5 aromatic rings.